The molecule has 0 bridgehead atoms. The van der Waals surface area contributed by atoms with Crippen LogP contribution in [0, 0.1) is 5.92 Å². The number of hydrogen-bond acceptors (Lipinski definition) is 2. The molecule has 1 fully saturated rings. The van der Waals surface area contributed by atoms with Crippen molar-refractivity contribution < 1.29 is 9.59 Å². The molecule has 0 aliphatic carbocycles. The van der Waals surface area contributed by atoms with Gasteiger partial charge in [0, 0.05) is 24.5 Å². The Hall–Kier alpha value is -1.81. The molecule has 0 spiro atoms. The van der Waals surface area contributed by atoms with Gasteiger partial charge in [-0.3, -0.25) is 9.59 Å². The van der Waals surface area contributed by atoms with Crippen molar-refractivity contribution in [3.8, 4) is 0 Å². The second kappa shape index (κ2) is 7.45. The molecule has 0 saturated carbocycles. The molecule has 2 rings (SSSR count). The van der Waals surface area contributed by atoms with Crippen molar-refractivity contribution in [1.82, 2.24) is 10.2 Å². The Kier molecular flexibility index (Phi) is 5.61. The predicted octanol–water partition coefficient (Wildman–Crippen LogP) is 2.94. The fourth-order valence-electron chi connectivity index (χ4n) is 3.00. The normalized spacial score (nSPS) is 21.5. The summed E-state index contributed by atoms with van der Waals surface area (Å²) in [4.78, 5) is 26.5. The molecule has 1 aromatic carbocycles. The molecule has 5 heteroatoms. The van der Waals surface area contributed by atoms with Crippen LogP contribution in [0.15, 0.2) is 36.9 Å². The first kappa shape index (κ1) is 16.6. The van der Waals surface area contributed by atoms with Gasteiger partial charge >= 0.3 is 0 Å². The zero-order chi connectivity index (χ0) is 16.1. The molecule has 2 atom stereocenters. The molecule has 1 saturated heterocycles. The van der Waals surface area contributed by atoms with Crippen molar-refractivity contribution in [1.29, 1.82) is 0 Å². The van der Waals surface area contributed by atoms with Crippen LogP contribution in [0.2, 0.25) is 5.02 Å². The smallest absolute Gasteiger partial charge is 0.225 e. The topological polar surface area (TPSA) is 49.4 Å². The van der Waals surface area contributed by atoms with Crippen LogP contribution in [-0.4, -0.2) is 29.8 Å². The molecular formula is C17H21ClN2O2. The molecule has 1 aromatic rings. The highest BCUT2D eigenvalue weighted by Crippen LogP contribution is 2.39. The van der Waals surface area contributed by atoms with Crippen molar-refractivity contribution >= 4 is 23.4 Å². The highest BCUT2D eigenvalue weighted by Gasteiger charge is 2.40. The van der Waals surface area contributed by atoms with E-state index in [-0.39, 0.29) is 23.8 Å². The molecule has 1 aliphatic heterocycles. The van der Waals surface area contributed by atoms with Crippen molar-refractivity contribution in [2.24, 2.45) is 5.92 Å². The second-order valence-electron chi connectivity index (χ2n) is 5.33. The van der Waals surface area contributed by atoms with E-state index in [1.807, 2.05) is 25.1 Å². The van der Waals surface area contributed by atoms with Gasteiger partial charge in [0.05, 0.1) is 12.0 Å². The largest absolute Gasteiger partial charge is 0.352 e. The number of carbonyl (C=O) groups excluding carboxylic acids is 2. The van der Waals surface area contributed by atoms with Gasteiger partial charge in [-0.15, -0.1) is 6.58 Å². The summed E-state index contributed by atoms with van der Waals surface area (Å²) in [5.74, 6) is -0.284. The third-order valence-corrected chi connectivity index (χ3v) is 4.37. The Balaban J connectivity index is 2.38. The predicted molar refractivity (Wildman–Crippen MR) is 87.5 cm³/mol. The third kappa shape index (κ3) is 3.33. The molecule has 0 aromatic heterocycles. The van der Waals surface area contributed by atoms with E-state index in [4.69, 9.17) is 11.6 Å². The third-order valence-electron chi connectivity index (χ3n) is 4.03. The van der Waals surface area contributed by atoms with Gasteiger partial charge in [-0.1, -0.05) is 35.9 Å². The molecule has 2 amide bonds. The summed E-state index contributed by atoms with van der Waals surface area (Å²) in [7, 11) is 0. The average molecular weight is 321 g/mol. The van der Waals surface area contributed by atoms with Crippen LogP contribution in [0.25, 0.3) is 0 Å². The number of piperidine rings is 1. The minimum Gasteiger partial charge on any atom is -0.352 e. The summed E-state index contributed by atoms with van der Waals surface area (Å²) < 4.78 is 0. The van der Waals surface area contributed by atoms with Crippen molar-refractivity contribution in [2.75, 3.05) is 13.1 Å². The first-order chi connectivity index (χ1) is 10.6. The van der Waals surface area contributed by atoms with E-state index in [0.717, 1.165) is 5.56 Å². The second-order valence-corrected chi connectivity index (χ2v) is 5.73. The van der Waals surface area contributed by atoms with E-state index in [0.29, 0.717) is 31.0 Å². The van der Waals surface area contributed by atoms with E-state index in [9.17, 15) is 9.59 Å². The first-order valence-electron chi connectivity index (χ1n) is 7.52. The summed E-state index contributed by atoms with van der Waals surface area (Å²) in [5.41, 5.74) is 0.831. The molecule has 0 unspecified atom stereocenters. The number of halogens is 1. The van der Waals surface area contributed by atoms with Crippen molar-refractivity contribution in [3.63, 3.8) is 0 Å². The molecular weight excluding hydrogens is 300 g/mol. The van der Waals surface area contributed by atoms with Crippen molar-refractivity contribution in [2.45, 2.75) is 25.8 Å². The van der Waals surface area contributed by atoms with Crippen LogP contribution < -0.4 is 5.32 Å². The lowest BCUT2D eigenvalue weighted by molar-refractivity contribution is -0.143. The van der Waals surface area contributed by atoms with Crippen LogP contribution in [-0.2, 0) is 9.59 Å². The van der Waals surface area contributed by atoms with E-state index in [1.165, 1.54) is 0 Å². The number of rotatable bonds is 5. The van der Waals surface area contributed by atoms with Gasteiger partial charge in [-0.05, 0) is 25.0 Å². The SMILES string of the molecule is C=CCNC(=O)[C@@H]1CCC(=O)N(CC)[C@H]1c1ccccc1Cl. The monoisotopic (exact) mass is 320 g/mol. The van der Waals surface area contributed by atoms with Gasteiger partial charge in [-0.25, -0.2) is 0 Å². The molecule has 1 N–H and O–H groups in total. The molecule has 4 nitrogen and oxygen atoms in total. The first-order valence-corrected chi connectivity index (χ1v) is 7.90. The number of likely N-dealkylation sites (tertiary alicyclic amines) is 1. The Labute approximate surface area is 136 Å². The Bertz CT molecular complexity index is 574. The molecule has 22 heavy (non-hydrogen) atoms. The number of nitrogens with one attached hydrogen (secondary N) is 1. The van der Waals surface area contributed by atoms with Crippen LogP contribution in [0.5, 0.6) is 0 Å². The van der Waals surface area contributed by atoms with Gasteiger partial charge in [-0.2, -0.15) is 0 Å². The standard InChI is InChI=1S/C17H21ClN2O2/c1-3-11-19-17(22)13-9-10-15(21)20(4-2)16(13)12-7-5-6-8-14(12)18/h3,5-8,13,16H,1,4,9-11H2,2H3,(H,19,22)/t13-,16+/m1/s1. The Morgan fingerprint density at radius 3 is 2.86 bits per heavy atom. The molecule has 1 aliphatic rings. The maximum Gasteiger partial charge on any atom is 0.225 e. The maximum absolute atomic E-state index is 12.5. The Morgan fingerprint density at radius 2 is 2.23 bits per heavy atom. The minimum atomic E-state index is -0.315. The number of hydrogen-bond donors (Lipinski definition) is 1. The van der Waals surface area contributed by atoms with Crippen LogP contribution >= 0.6 is 11.6 Å². The zero-order valence-electron chi connectivity index (χ0n) is 12.7. The van der Waals surface area contributed by atoms with Crippen LogP contribution in [0.1, 0.15) is 31.4 Å². The average Bonchev–Trinajstić information content (AvgIpc) is 2.52. The summed E-state index contributed by atoms with van der Waals surface area (Å²) in [5, 5.41) is 3.43. The van der Waals surface area contributed by atoms with Gasteiger partial charge in [0.2, 0.25) is 11.8 Å². The van der Waals surface area contributed by atoms with Gasteiger partial charge in [0.25, 0.3) is 0 Å². The number of carbonyl (C=O) groups is 2. The maximum atomic E-state index is 12.5. The number of nitrogens with zero attached hydrogens (tertiary/aromatic N) is 1. The van der Waals surface area contributed by atoms with E-state index in [2.05, 4.69) is 11.9 Å². The zero-order valence-corrected chi connectivity index (χ0v) is 13.5. The summed E-state index contributed by atoms with van der Waals surface area (Å²) in [6.45, 7) is 6.51. The quantitative estimate of drug-likeness (QED) is 0.848. The number of benzene rings is 1. The summed E-state index contributed by atoms with van der Waals surface area (Å²) in [6, 6.07) is 7.10. The lowest BCUT2D eigenvalue weighted by atomic mass is 9.83. The Morgan fingerprint density at radius 1 is 1.50 bits per heavy atom. The van der Waals surface area contributed by atoms with E-state index < -0.39 is 0 Å². The lowest BCUT2D eigenvalue weighted by Crippen LogP contribution is -2.48. The lowest BCUT2D eigenvalue weighted by Gasteiger charge is -2.40. The fraction of sp³-hybridized carbons (Fsp3) is 0.412. The van der Waals surface area contributed by atoms with Crippen molar-refractivity contribution in [3.05, 3.63) is 47.5 Å². The molecule has 0 radical (unpaired) electrons. The highest BCUT2D eigenvalue weighted by molar-refractivity contribution is 6.31. The van der Waals surface area contributed by atoms with Crippen LogP contribution in [0.4, 0.5) is 0 Å². The fourth-order valence-corrected chi connectivity index (χ4v) is 3.25. The number of amides is 2. The molecule has 118 valence electrons. The van der Waals surface area contributed by atoms with Gasteiger partial charge < -0.3 is 10.2 Å². The minimum absolute atomic E-state index is 0.0595. The van der Waals surface area contributed by atoms with E-state index >= 15 is 0 Å². The summed E-state index contributed by atoms with van der Waals surface area (Å²) in [6.07, 6.45) is 2.57. The highest BCUT2D eigenvalue weighted by atomic mass is 35.5. The molecule has 1 heterocycles. The van der Waals surface area contributed by atoms with Gasteiger partial charge in [0.15, 0.2) is 0 Å². The van der Waals surface area contributed by atoms with Crippen LogP contribution in [0.3, 0.4) is 0 Å². The summed E-state index contributed by atoms with van der Waals surface area (Å²) >= 11 is 6.32. The van der Waals surface area contributed by atoms with Gasteiger partial charge in [0.1, 0.15) is 0 Å². The van der Waals surface area contributed by atoms with E-state index in [1.54, 1.807) is 17.0 Å².